The van der Waals surface area contributed by atoms with E-state index in [0.29, 0.717) is 19.4 Å². The van der Waals surface area contributed by atoms with Crippen molar-refractivity contribution in [3.05, 3.63) is 29.8 Å². The quantitative estimate of drug-likeness (QED) is 0.775. The van der Waals surface area contributed by atoms with E-state index in [2.05, 4.69) is 12.6 Å². The molecule has 0 fully saturated rings. The number of hydrogen-bond acceptors (Lipinski definition) is 3. The average Bonchev–Trinajstić information content (AvgIpc) is 2.32. The third-order valence-corrected chi connectivity index (χ3v) is 3.09. The van der Waals surface area contributed by atoms with E-state index in [1.807, 2.05) is 43.0 Å². The van der Waals surface area contributed by atoms with Crippen molar-refractivity contribution in [3.8, 4) is 0 Å². The lowest BCUT2D eigenvalue weighted by Gasteiger charge is -2.26. The zero-order valence-electron chi connectivity index (χ0n) is 11.0. The number of carbonyl (C=O) groups excluding carboxylic acids is 1. The molecule has 0 saturated carbocycles. The number of aliphatic hydroxyl groups is 1. The summed E-state index contributed by atoms with van der Waals surface area (Å²) in [5.41, 5.74) is 0.993. The lowest BCUT2D eigenvalue weighted by molar-refractivity contribution is -0.132. The summed E-state index contributed by atoms with van der Waals surface area (Å²) < 4.78 is 0. The lowest BCUT2D eigenvalue weighted by Crippen LogP contribution is -2.39. The molecule has 0 aliphatic rings. The van der Waals surface area contributed by atoms with Crippen LogP contribution in [0.1, 0.15) is 25.8 Å². The van der Waals surface area contributed by atoms with Gasteiger partial charge in [0.05, 0.1) is 6.42 Å². The van der Waals surface area contributed by atoms with Gasteiger partial charge in [-0.25, -0.2) is 0 Å². The van der Waals surface area contributed by atoms with E-state index >= 15 is 0 Å². The Morgan fingerprint density at radius 3 is 2.44 bits per heavy atom. The van der Waals surface area contributed by atoms with E-state index in [-0.39, 0.29) is 18.6 Å². The molecule has 0 unspecified atom stereocenters. The highest BCUT2D eigenvalue weighted by atomic mass is 32.1. The van der Waals surface area contributed by atoms with Crippen molar-refractivity contribution >= 4 is 18.5 Å². The van der Waals surface area contributed by atoms with Crippen molar-refractivity contribution < 1.29 is 9.90 Å². The zero-order valence-corrected chi connectivity index (χ0v) is 11.9. The maximum atomic E-state index is 12.2. The van der Waals surface area contributed by atoms with Crippen LogP contribution in [0.25, 0.3) is 0 Å². The molecule has 0 heterocycles. The maximum Gasteiger partial charge on any atom is 0.227 e. The van der Waals surface area contributed by atoms with Gasteiger partial charge in [-0.3, -0.25) is 4.79 Å². The van der Waals surface area contributed by atoms with Gasteiger partial charge in [0.25, 0.3) is 0 Å². The summed E-state index contributed by atoms with van der Waals surface area (Å²) in [5, 5.41) is 8.85. The highest BCUT2D eigenvalue weighted by Gasteiger charge is 2.16. The number of amides is 1. The first kappa shape index (κ1) is 15.1. The fourth-order valence-electron chi connectivity index (χ4n) is 1.80. The number of rotatable bonds is 6. The smallest absolute Gasteiger partial charge is 0.227 e. The van der Waals surface area contributed by atoms with Crippen molar-refractivity contribution in [2.75, 3.05) is 13.2 Å². The first-order valence-electron chi connectivity index (χ1n) is 6.23. The van der Waals surface area contributed by atoms with Crippen LogP contribution in [-0.2, 0) is 11.2 Å². The topological polar surface area (TPSA) is 40.5 Å². The normalized spacial score (nSPS) is 10.7. The second-order valence-corrected chi connectivity index (χ2v) is 5.12. The predicted octanol–water partition coefficient (Wildman–Crippen LogP) is 2.14. The molecule has 100 valence electrons. The first-order chi connectivity index (χ1) is 8.54. The molecule has 0 aromatic heterocycles. The molecular weight excluding hydrogens is 246 g/mol. The lowest BCUT2D eigenvalue weighted by atomic mass is 10.1. The Morgan fingerprint density at radius 1 is 1.33 bits per heavy atom. The molecule has 3 nitrogen and oxygen atoms in total. The van der Waals surface area contributed by atoms with Crippen molar-refractivity contribution in [1.29, 1.82) is 0 Å². The number of benzene rings is 1. The largest absolute Gasteiger partial charge is 0.396 e. The van der Waals surface area contributed by atoms with Gasteiger partial charge in [0, 0.05) is 24.1 Å². The third kappa shape index (κ3) is 4.70. The number of thiol groups is 1. The van der Waals surface area contributed by atoms with Gasteiger partial charge in [0.1, 0.15) is 0 Å². The highest BCUT2D eigenvalue weighted by Crippen LogP contribution is 2.10. The second-order valence-electron chi connectivity index (χ2n) is 4.60. The number of nitrogens with zero attached hydrogens (tertiary/aromatic N) is 1. The standard InChI is InChI=1S/C14H21NO2S/c1-11(2)15(8-3-9-16)14(17)10-12-4-6-13(18)7-5-12/h4-7,11,16,18H,3,8-10H2,1-2H3. The molecule has 18 heavy (non-hydrogen) atoms. The van der Waals surface area contributed by atoms with Gasteiger partial charge in [0.15, 0.2) is 0 Å². The molecule has 1 rings (SSSR count). The molecule has 1 N–H and O–H groups in total. The van der Waals surface area contributed by atoms with Gasteiger partial charge in [-0.05, 0) is 38.0 Å². The summed E-state index contributed by atoms with van der Waals surface area (Å²) in [6.45, 7) is 4.71. The summed E-state index contributed by atoms with van der Waals surface area (Å²) in [4.78, 5) is 14.9. The van der Waals surface area contributed by atoms with Crippen molar-refractivity contribution in [1.82, 2.24) is 4.90 Å². The van der Waals surface area contributed by atoms with Crippen LogP contribution in [0.2, 0.25) is 0 Å². The van der Waals surface area contributed by atoms with E-state index in [1.165, 1.54) is 0 Å². The van der Waals surface area contributed by atoms with Gasteiger partial charge in [0.2, 0.25) is 5.91 Å². The number of carbonyl (C=O) groups is 1. The predicted molar refractivity (Wildman–Crippen MR) is 75.9 cm³/mol. The van der Waals surface area contributed by atoms with Crippen LogP contribution in [0.4, 0.5) is 0 Å². The molecule has 0 aliphatic carbocycles. The average molecular weight is 267 g/mol. The Labute approximate surface area is 114 Å². The van der Waals surface area contributed by atoms with Crippen molar-refractivity contribution in [2.45, 2.75) is 37.6 Å². The van der Waals surface area contributed by atoms with Crippen LogP contribution >= 0.6 is 12.6 Å². The molecule has 0 atom stereocenters. The minimum absolute atomic E-state index is 0.102. The Morgan fingerprint density at radius 2 is 1.94 bits per heavy atom. The molecule has 1 amide bonds. The van der Waals surface area contributed by atoms with Crippen molar-refractivity contribution in [3.63, 3.8) is 0 Å². The van der Waals surface area contributed by atoms with Gasteiger partial charge in [-0.15, -0.1) is 12.6 Å². The van der Waals surface area contributed by atoms with Crippen molar-refractivity contribution in [2.24, 2.45) is 0 Å². The Hall–Kier alpha value is -1.00. The summed E-state index contributed by atoms with van der Waals surface area (Å²) in [7, 11) is 0. The maximum absolute atomic E-state index is 12.2. The number of aliphatic hydroxyl groups excluding tert-OH is 1. The zero-order chi connectivity index (χ0) is 13.5. The van der Waals surface area contributed by atoms with Crippen LogP contribution in [0.5, 0.6) is 0 Å². The summed E-state index contributed by atoms with van der Waals surface area (Å²) in [6, 6.07) is 7.78. The van der Waals surface area contributed by atoms with Crippen LogP contribution in [0.15, 0.2) is 29.2 Å². The van der Waals surface area contributed by atoms with Crippen LogP contribution in [0.3, 0.4) is 0 Å². The van der Waals surface area contributed by atoms with Crippen LogP contribution in [0, 0.1) is 0 Å². The van der Waals surface area contributed by atoms with Gasteiger partial charge < -0.3 is 10.0 Å². The minimum atomic E-state index is 0.102. The van der Waals surface area contributed by atoms with Crippen LogP contribution in [-0.4, -0.2) is 35.1 Å². The molecule has 0 saturated heterocycles. The van der Waals surface area contributed by atoms with E-state index in [4.69, 9.17) is 5.11 Å². The third-order valence-electron chi connectivity index (χ3n) is 2.79. The highest BCUT2D eigenvalue weighted by molar-refractivity contribution is 7.80. The molecule has 0 spiro atoms. The SMILES string of the molecule is CC(C)N(CCCO)C(=O)Cc1ccc(S)cc1. The van der Waals surface area contributed by atoms with Gasteiger partial charge in [-0.1, -0.05) is 12.1 Å². The summed E-state index contributed by atoms with van der Waals surface area (Å²) >= 11 is 4.22. The van der Waals surface area contributed by atoms with E-state index in [9.17, 15) is 4.79 Å². The molecule has 1 aromatic rings. The van der Waals surface area contributed by atoms with E-state index in [1.54, 1.807) is 0 Å². The first-order valence-corrected chi connectivity index (χ1v) is 6.67. The molecule has 0 bridgehead atoms. The molecule has 0 aliphatic heterocycles. The molecule has 1 aromatic carbocycles. The molecular formula is C14H21NO2S. The van der Waals surface area contributed by atoms with Gasteiger partial charge in [-0.2, -0.15) is 0 Å². The monoisotopic (exact) mass is 267 g/mol. The Kier molecular flexibility index (Phi) is 6.22. The summed E-state index contributed by atoms with van der Waals surface area (Å²) in [5.74, 6) is 0.102. The fraction of sp³-hybridized carbons (Fsp3) is 0.500. The van der Waals surface area contributed by atoms with Crippen LogP contribution < -0.4 is 0 Å². The minimum Gasteiger partial charge on any atom is -0.396 e. The molecule has 4 heteroatoms. The Balaban J connectivity index is 2.63. The van der Waals surface area contributed by atoms with Gasteiger partial charge >= 0.3 is 0 Å². The molecule has 0 radical (unpaired) electrons. The van der Waals surface area contributed by atoms with E-state index < -0.39 is 0 Å². The Bertz CT molecular complexity index is 376. The number of hydrogen-bond donors (Lipinski definition) is 2. The van der Waals surface area contributed by atoms with E-state index in [0.717, 1.165) is 10.5 Å². The fourth-order valence-corrected chi connectivity index (χ4v) is 1.95. The summed E-state index contributed by atoms with van der Waals surface area (Å²) in [6.07, 6.45) is 1.02. The second kappa shape index (κ2) is 7.44.